The van der Waals surface area contributed by atoms with Crippen LogP contribution in [0.3, 0.4) is 0 Å². The molecule has 0 aromatic carbocycles. The molecule has 0 aliphatic carbocycles. The first-order chi connectivity index (χ1) is 12.0. The van der Waals surface area contributed by atoms with Crippen LogP contribution in [0.25, 0.3) is 0 Å². The van der Waals surface area contributed by atoms with Crippen molar-refractivity contribution in [2.24, 2.45) is 7.05 Å². The van der Waals surface area contributed by atoms with Crippen molar-refractivity contribution in [3.63, 3.8) is 0 Å². The first kappa shape index (κ1) is 20.0. The molecule has 0 saturated carbocycles. The molecule has 144 valence electrons. The Hall–Kier alpha value is -2.27. The summed E-state index contributed by atoms with van der Waals surface area (Å²) in [4.78, 5) is 19.8. The minimum absolute atomic E-state index is 0.0913. The number of nitrogens with zero attached hydrogens (tertiary/aromatic N) is 4. The Morgan fingerprint density at radius 1 is 1.35 bits per heavy atom. The number of aromatic nitrogens is 4. The van der Waals surface area contributed by atoms with Crippen molar-refractivity contribution in [3.8, 4) is 0 Å². The third kappa shape index (κ3) is 5.11. The summed E-state index contributed by atoms with van der Waals surface area (Å²) in [5.41, 5.74) is -0.270. The largest absolute Gasteiger partial charge is 0.456 e. The van der Waals surface area contributed by atoms with Gasteiger partial charge >= 0.3 is 5.97 Å². The van der Waals surface area contributed by atoms with Gasteiger partial charge in [-0.15, -0.1) is 0 Å². The normalized spacial score (nSPS) is 12.3. The fourth-order valence-corrected chi connectivity index (χ4v) is 2.92. The Bertz CT molecular complexity index is 859. The Labute approximate surface area is 152 Å². The molecule has 2 aromatic rings. The van der Waals surface area contributed by atoms with E-state index in [9.17, 15) is 13.2 Å². The zero-order valence-corrected chi connectivity index (χ0v) is 16.3. The first-order valence-electron chi connectivity index (χ1n) is 7.97. The molecule has 1 N–H and O–H groups in total. The van der Waals surface area contributed by atoms with Crippen LogP contribution < -0.4 is 4.72 Å². The molecule has 0 bridgehead atoms. The average molecular weight is 385 g/mol. The van der Waals surface area contributed by atoms with Gasteiger partial charge in [-0.1, -0.05) is 25.9 Å². The third-order valence-electron chi connectivity index (χ3n) is 3.48. The summed E-state index contributed by atoms with van der Waals surface area (Å²) < 4.78 is 38.1. The van der Waals surface area contributed by atoms with Crippen molar-refractivity contribution < 1.29 is 22.5 Å². The summed E-state index contributed by atoms with van der Waals surface area (Å²) in [5.74, 6) is 0.689. The molecule has 0 atom stereocenters. The second-order valence-electron chi connectivity index (χ2n) is 6.81. The van der Waals surface area contributed by atoms with Crippen LogP contribution in [0, 0.1) is 6.92 Å². The maximum absolute atomic E-state index is 12.1. The first-order valence-corrected chi connectivity index (χ1v) is 9.45. The lowest BCUT2D eigenvalue weighted by Crippen LogP contribution is -2.27. The molecule has 11 heteroatoms. The highest BCUT2D eigenvalue weighted by atomic mass is 32.2. The second kappa shape index (κ2) is 7.54. The van der Waals surface area contributed by atoms with E-state index in [0.717, 1.165) is 0 Å². The summed E-state index contributed by atoms with van der Waals surface area (Å²) >= 11 is 0. The van der Waals surface area contributed by atoms with Gasteiger partial charge in [-0.3, -0.25) is 4.79 Å². The number of esters is 1. The van der Waals surface area contributed by atoms with Crippen LogP contribution in [-0.2, 0) is 38.6 Å². The zero-order valence-electron chi connectivity index (χ0n) is 15.4. The van der Waals surface area contributed by atoms with Gasteiger partial charge in [0.15, 0.2) is 17.5 Å². The van der Waals surface area contributed by atoms with Gasteiger partial charge in [0.25, 0.3) is 15.9 Å². The van der Waals surface area contributed by atoms with Crippen molar-refractivity contribution in [3.05, 3.63) is 23.7 Å². The van der Waals surface area contributed by atoms with Crippen molar-refractivity contribution in [2.45, 2.75) is 51.2 Å². The summed E-state index contributed by atoms with van der Waals surface area (Å²) in [6, 6.07) is 0. The van der Waals surface area contributed by atoms with Gasteiger partial charge in [-0.2, -0.15) is 4.98 Å². The van der Waals surface area contributed by atoms with Gasteiger partial charge < -0.3 is 13.8 Å². The zero-order chi connectivity index (χ0) is 19.5. The van der Waals surface area contributed by atoms with E-state index in [1.165, 1.54) is 6.20 Å². The number of imidazole rings is 1. The van der Waals surface area contributed by atoms with Crippen LogP contribution in [0.2, 0.25) is 0 Å². The summed E-state index contributed by atoms with van der Waals surface area (Å²) in [7, 11) is -2.07. The number of hydrogen-bond acceptors (Lipinski definition) is 8. The minimum atomic E-state index is -3.77. The quantitative estimate of drug-likeness (QED) is 0.694. The maximum Gasteiger partial charge on any atom is 0.307 e. The molecule has 2 rings (SSSR count). The van der Waals surface area contributed by atoms with Crippen molar-refractivity contribution in [2.75, 3.05) is 6.54 Å². The van der Waals surface area contributed by atoms with Gasteiger partial charge in [-0.05, 0) is 6.92 Å². The molecule has 0 aliphatic heterocycles. The molecular formula is C15H23N5O5S. The van der Waals surface area contributed by atoms with Crippen molar-refractivity contribution in [1.29, 1.82) is 0 Å². The van der Waals surface area contributed by atoms with Gasteiger partial charge in [-0.25, -0.2) is 18.1 Å². The minimum Gasteiger partial charge on any atom is -0.456 e. The molecule has 0 aliphatic rings. The van der Waals surface area contributed by atoms with Gasteiger partial charge in [0.1, 0.15) is 5.82 Å². The highest BCUT2D eigenvalue weighted by Gasteiger charge is 2.22. The number of nitrogens with one attached hydrogen (secondary N) is 1. The predicted octanol–water partition coefficient (Wildman–Crippen LogP) is 0.821. The van der Waals surface area contributed by atoms with Crippen LogP contribution in [0.15, 0.2) is 15.7 Å². The Kier molecular flexibility index (Phi) is 5.81. The monoisotopic (exact) mass is 385 g/mol. The second-order valence-corrected chi connectivity index (χ2v) is 8.52. The van der Waals surface area contributed by atoms with E-state index in [1.807, 2.05) is 20.8 Å². The fraction of sp³-hybridized carbons (Fsp3) is 0.600. The van der Waals surface area contributed by atoms with Gasteiger partial charge in [0.2, 0.25) is 0 Å². The molecule has 0 unspecified atom stereocenters. The lowest BCUT2D eigenvalue weighted by Gasteiger charge is -2.10. The molecule has 0 radical (unpaired) electrons. The standard InChI is InChI=1S/C15H23N5O5S/c1-10-17-12(8-20(10)5)26(22,23)16-7-6-13(21)24-9-11-18-14(19-25-11)15(2,3)4/h8,16H,6-7,9H2,1-5H3. The molecule has 0 amide bonds. The highest BCUT2D eigenvalue weighted by Crippen LogP contribution is 2.18. The van der Waals surface area contributed by atoms with Crippen LogP contribution in [0.5, 0.6) is 0 Å². The smallest absolute Gasteiger partial charge is 0.307 e. The number of rotatable bonds is 7. The van der Waals surface area contributed by atoms with Gasteiger partial charge in [0, 0.05) is 25.2 Å². The lowest BCUT2D eigenvalue weighted by atomic mass is 9.96. The number of sulfonamides is 1. The average Bonchev–Trinajstić information content (AvgIpc) is 3.13. The van der Waals surface area contributed by atoms with Crippen molar-refractivity contribution >= 4 is 16.0 Å². The van der Waals surface area contributed by atoms with Crippen LogP contribution >= 0.6 is 0 Å². The fourth-order valence-electron chi connectivity index (χ4n) is 1.85. The number of ether oxygens (including phenoxy) is 1. The SMILES string of the molecule is Cc1nc(S(=O)(=O)NCCC(=O)OCc2nc(C(C)(C)C)no2)cn1C. The van der Waals surface area contributed by atoms with Gasteiger partial charge in [0.05, 0.1) is 6.42 Å². The van der Waals surface area contributed by atoms with E-state index in [2.05, 4.69) is 19.8 Å². The lowest BCUT2D eigenvalue weighted by molar-refractivity contribution is -0.145. The number of carbonyl (C=O) groups excluding carboxylic acids is 1. The predicted molar refractivity (Wildman–Crippen MR) is 90.5 cm³/mol. The van der Waals surface area contributed by atoms with Crippen LogP contribution in [-0.4, -0.2) is 40.6 Å². The summed E-state index contributed by atoms with van der Waals surface area (Å²) in [6.07, 6.45) is 1.27. The molecule has 0 saturated heterocycles. The molecule has 26 heavy (non-hydrogen) atoms. The molecule has 0 spiro atoms. The van der Waals surface area contributed by atoms with E-state index in [-0.39, 0.29) is 35.9 Å². The van der Waals surface area contributed by atoms with E-state index in [4.69, 9.17) is 9.26 Å². The van der Waals surface area contributed by atoms with Crippen LogP contribution in [0.4, 0.5) is 0 Å². The van der Waals surface area contributed by atoms with E-state index >= 15 is 0 Å². The summed E-state index contributed by atoms with van der Waals surface area (Å²) in [6.45, 7) is 7.23. The van der Waals surface area contributed by atoms with E-state index < -0.39 is 16.0 Å². The van der Waals surface area contributed by atoms with Crippen molar-refractivity contribution in [1.82, 2.24) is 24.4 Å². The Morgan fingerprint density at radius 2 is 2.04 bits per heavy atom. The number of aryl methyl sites for hydroxylation is 2. The highest BCUT2D eigenvalue weighted by molar-refractivity contribution is 7.89. The van der Waals surface area contributed by atoms with Crippen LogP contribution in [0.1, 0.15) is 44.7 Å². The van der Waals surface area contributed by atoms with E-state index in [0.29, 0.717) is 11.6 Å². The third-order valence-corrected chi connectivity index (χ3v) is 4.81. The topological polar surface area (TPSA) is 129 Å². The molecular weight excluding hydrogens is 362 g/mol. The Balaban J connectivity index is 1.79. The molecule has 2 heterocycles. The number of hydrogen-bond donors (Lipinski definition) is 1. The Morgan fingerprint density at radius 3 is 2.58 bits per heavy atom. The maximum atomic E-state index is 12.1. The summed E-state index contributed by atoms with van der Waals surface area (Å²) in [5, 5.41) is 3.73. The molecule has 2 aromatic heterocycles. The molecule has 0 fully saturated rings. The molecule has 10 nitrogen and oxygen atoms in total. The number of carbonyl (C=O) groups is 1. The van der Waals surface area contributed by atoms with E-state index in [1.54, 1.807) is 18.5 Å².